The summed E-state index contributed by atoms with van der Waals surface area (Å²) in [6.45, 7) is 4.04. The number of hydrogen-bond acceptors (Lipinski definition) is 4. The van der Waals surface area contributed by atoms with Crippen LogP contribution in [0.3, 0.4) is 0 Å². The normalized spacial score (nSPS) is 10.7. The van der Waals surface area contributed by atoms with E-state index < -0.39 is 0 Å². The van der Waals surface area contributed by atoms with Crippen LogP contribution in [0, 0.1) is 13.8 Å². The monoisotopic (exact) mass is 294 g/mol. The van der Waals surface area contributed by atoms with Crippen molar-refractivity contribution in [2.75, 3.05) is 12.8 Å². The number of methoxy groups -OCH3 is 1. The SMILES string of the molecule is COc1c(C)cc(C)cc1-c1nnn(-c2ccccc2)c1N. The van der Waals surface area contributed by atoms with Gasteiger partial charge in [-0.3, -0.25) is 0 Å². The van der Waals surface area contributed by atoms with Crippen molar-refractivity contribution in [2.45, 2.75) is 13.8 Å². The van der Waals surface area contributed by atoms with E-state index in [9.17, 15) is 0 Å². The number of nitrogens with zero attached hydrogens (tertiary/aromatic N) is 3. The lowest BCUT2D eigenvalue weighted by atomic mass is 10.0. The summed E-state index contributed by atoms with van der Waals surface area (Å²) in [7, 11) is 1.65. The van der Waals surface area contributed by atoms with Gasteiger partial charge in [0.25, 0.3) is 0 Å². The van der Waals surface area contributed by atoms with Crippen LogP contribution in [0.1, 0.15) is 11.1 Å². The van der Waals surface area contributed by atoms with Gasteiger partial charge in [0.05, 0.1) is 12.8 Å². The lowest BCUT2D eigenvalue weighted by Gasteiger charge is -2.11. The molecule has 0 saturated heterocycles. The van der Waals surface area contributed by atoms with Crippen LogP contribution in [0.5, 0.6) is 5.75 Å². The summed E-state index contributed by atoms with van der Waals surface area (Å²) in [5, 5.41) is 8.44. The second-order valence-corrected chi connectivity index (χ2v) is 5.23. The fourth-order valence-corrected chi connectivity index (χ4v) is 2.64. The van der Waals surface area contributed by atoms with Crippen LogP contribution < -0.4 is 10.5 Å². The Hall–Kier alpha value is -2.82. The molecule has 3 rings (SSSR count). The Bertz CT molecular complexity index is 809. The standard InChI is InChI=1S/C17H18N4O/c1-11-9-12(2)16(22-3)14(10-11)15-17(18)21(20-19-15)13-7-5-4-6-8-13/h4-10H,18H2,1-3H3. The van der Waals surface area contributed by atoms with Crippen molar-refractivity contribution in [2.24, 2.45) is 0 Å². The highest BCUT2D eigenvalue weighted by atomic mass is 16.5. The summed E-state index contributed by atoms with van der Waals surface area (Å²) in [4.78, 5) is 0. The number of benzene rings is 2. The molecule has 2 N–H and O–H groups in total. The Balaban J connectivity index is 2.17. The van der Waals surface area contributed by atoms with E-state index in [4.69, 9.17) is 10.5 Å². The Kier molecular flexibility index (Phi) is 3.55. The predicted molar refractivity (Wildman–Crippen MR) is 87.2 cm³/mol. The Morgan fingerprint density at radius 2 is 1.82 bits per heavy atom. The average molecular weight is 294 g/mol. The summed E-state index contributed by atoms with van der Waals surface area (Å²) in [5.74, 6) is 1.27. The first kappa shape index (κ1) is 14.1. The second-order valence-electron chi connectivity index (χ2n) is 5.23. The van der Waals surface area contributed by atoms with E-state index in [0.29, 0.717) is 11.5 Å². The van der Waals surface area contributed by atoms with E-state index in [1.807, 2.05) is 50.2 Å². The molecule has 0 aliphatic rings. The van der Waals surface area contributed by atoms with Crippen LogP contribution in [0.15, 0.2) is 42.5 Å². The minimum absolute atomic E-state index is 0.495. The number of hydrogen-bond donors (Lipinski definition) is 1. The quantitative estimate of drug-likeness (QED) is 0.806. The van der Waals surface area contributed by atoms with Gasteiger partial charge in [-0.25, -0.2) is 0 Å². The van der Waals surface area contributed by atoms with Crippen LogP contribution in [-0.2, 0) is 0 Å². The van der Waals surface area contributed by atoms with Crippen LogP contribution >= 0.6 is 0 Å². The number of ether oxygens (including phenoxy) is 1. The second kappa shape index (κ2) is 5.52. The molecular weight excluding hydrogens is 276 g/mol. The van der Waals surface area contributed by atoms with E-state index in [-0.39, 0.29) is 0 Å². The van der Waals surface area contributed by atoms with Crippen molar-refractivity contribution >= 4 is 5.82 Å². The third kappa shape index (κ3) is 2.30. The molecule has 0 spiro atoms. The van der Waals surface area contributed by atoms with Gasteiger partial charge >= 0.3 is 0 Å². The van der Waals surface area contributed by atoms with Gasteiger partial charge in [0, 0.05) is 5.56 Å². The minimum Gasteiger partial charge on any atom is -0.496 e. The highest BCUT2D eigenvalue weighted by Crippen LogP contribution is 2.36. The molecule has 0 aliphatic carbocycles. The number of anilines is 1. The van der Waals surface area contributed by atoms with Gasteiger partial charge < -0.3 is 10.5 Å². The first-order valence-corrected chi connectivity index (χ1v) is 7.04. The van der Waals surface area contributed by atoms with Crippen molar-refractivity contribution in [3.63, 3.8) is 0 Å². The van der Waals surface area contributed by atoms with Crippen LogP contribution in [0.4, 0.5) is 5.82 Å². The van der Waals surface area contributed by atoms with E-state index in [1.165, 1.54) is 0 Å². The average Bonchev–Trinajstić information content (AvgIpc) is 2.89. The molecule has 5 nitrogen and oxygen atoms in total. The summed E-state index contributed by atoms with van der Waals surface area (Å²) in [6.07, 6.45) is 0. The van der Waals surface area contributed by atoms with Crippen LogP contribution in [0.2, 0.25) is 0 Å². The molecule has 0 unspecified atom stereocenters. The first-order valence-electron chi connectivity index (χ1n) is 7.04. The topological polar surface area (TPSA) is 66.0 Å². The van der Waals surface area contributed by atoms with E-state index in [1.54, 1.807) is 11.8 Å². The molecule has 0 aliphatic heterocycles. The zero-order valence-corrected chi connectivity index (χ0v) is 12.9. The lowest BCUT2D eigenvalue weighted by Crippen LogP contribution is -2.02. The van der Waals surface area contributed by atoms with Crippen LogP contribution in [0.25, 0.3) is 16.9 Å². The van der Waals surface area contributed by atoms with Crippen molar-refractivity contribution in [3.8, 4) is 22.7 Å². The third-order valence-electron chi connectivity index (χ3n) is 3.58. The maximum atomic E-state index is 6.27. The molecule has 22 heavy (non-hydrogen) atoms. The number of nitrogens with two attached hydrogens (primary N) is 1. The molecule has 112 valence electrons. The van der Waals surface area contributed by atoms with Crippen molar-refractivity contribution in [1.29, 1.82) is 0 Å². The van der Waals surface area contributed by atoms with Crippen molar-refractivity contribution < 1.29 is 4.74 Å². The van der Waals surface area contributed by atoms with Gasteiger partial charge in [0.1, 0.15) is 11.4 Å². The molecule has 5 heteroatoms. The van der Waals surface area contributed by atoms with Gasteiger partial charge in [-0.15, -0.1) is 5.10 Å². The highest BCUT2D eigenvalue weighted by molar-refractivity contribution is 5.77. The molecule has 0 atom stereocenters. The molecule has 0 radical (unpaired) electrons. The minimum atomic E-state index is 0.495. The molecule has 1 heterocycles. The zero-order chi connectivity index (χ0) is 15.7. The fourth-order valence-electron chi connectivity index (χ4n) is 2.64. The molecule has 0 amide bonds. The van der Waals surface area contributed by atoms with E-state index in [2.05, 4.69) is 16.4 Å². The first-order chi connectivity index (χ1) is 10.6. The van der Waals surface area contributed by atoms with E-state index >= 15 is 0 Å². The number of aromatic nitrogens is 3. The smallest absolute Gasteiger partial charge is 0.156 e. The Morgan fingerprint density at radius 1 is 1.09 bits per heavy atom. The number of rotatable bonds is 3. The molecule has 3 aromatic rings. The Labute approximate surface area is 129 Å². The van der Waals surface area contributed by atoms with Gasteiger partial charge in [0.15, 0.2) is 5.82 Å². The number of nitrogen functional groups attached to an aromatic ring is 1. The number of aryl methyl sites for hydroxylation is 2. The number of para-hydroxylation sites is 1. The molecule has 0 fully saturated rings. The van der Waals surface area contributed by atoms with Crippen molar-refractivity contribution in [3.05, 3.63) is 53.6 Å². The van der Waals surface area contributed by atoms with Gasteiger partial charge in [-0.1, -0.05) is 29.5 Å². The third-order valence-corrected chi connectivity index (χ3v) is 3.58. The summed E-state index contributed by atoms with van der Waals surface area (Å²) < 4.78 is 7.15. The maximum Gasteiger partial charge on any atom is 0.156 e. The predicted octanol–water partition coefficient (Wildman–Crippen LogP) is 3.14. The summed E-state index contributed by atoms with van der Waals surface area (Å²) in [6, 6.07) is 13.8. The van der Waals surface area contributed by atoms with Crippen molar-refractivity contribution in [1.82, 2.24) is 15.0 Å². The Morgan fingerprint density at radius 3 is 2.50 bits per heavy atom. The zero-order valence-electron chi connectivity index (χ0n) is 12.9. The van der Waals surface area contributed by atoms with Crippen LogP contribution in [-0.4, -0.2) is 22.1 Å². The van der Waals surface area contributed by atoms with Gasteiger partial charge in [-0.05, 0) is 43.2 Å². The largest absolute Gasteiger partial charge is 0.496 e. The van der Waals surface area contributed by atoms with E-state index in [0.717, 1.165) is 28.1 Å². The van der Waals surface area contributed by atoms with Gasteiger partial charge in [-0.2, -0.15) is 4.68 Å². The van der Waals surface area contributed by atoms with Gasteiger partial charge in [0.2, 0.25) is 0 Å². The molecule has 0 saturated carbocycles. The molecular formula is C17H18N4O. The summed E-state index contributed by atoms with van der Waals surface area (Å²) >= 11 is 0. The summed E-state index contributed by atoms with van der Waals surface area (Å²) in [5.41, 5.74) is 10.8. The molecule has 0 bridgehead atoms. The lowest BCUT2D eigenvalue weighted by molar-refractivity contribution is 0.413. The maximum absolute atomic E-state index is 6.27. The highest BCUT2D eigenvalue weighted by Gasteiger charge is 2.18. The fraction of sp³-hybridized carbons (Fsp3) is 0.176. The molecule has 1 aromatic heterocycles. The molecule has 2 aromatic carbocycles.